The third-order valence-corrected chi connectivity index (χ3v) is 5.39. The van der Waals surface area contributed by atoms with Crippen LogP contribution in [0.4, 0.5) is 0 Å². The lowest BCUT2D eigenvalue weighted by atomic mass is 9.74. The van der Waals surface area contributed by atoms with Gasteiger partial charge in [0.25, 0.3) is 0 Å². The van der Waals surface area contributed by atoms with Gasteiger partial charge in [0.1, 0.15) is 5.75 Å². The summed E-state index contributed by atoms with van der Waals surface area (Å²) in [7, 11) is 1.70. The third-order valence-electron chi connectivity index (χ3n) is 5.39. The van der Waals surface area contributed by atoms with Crippen LogP contribution in [-0.4, -0.2) is 31.6 Å². The monoisotopic (exact) mass is 290 g/mol. The van der Waals surface area contributed by atoms with Gasteiger partial charge in [0, 0.05) is 12.6 Å². The molecule has 0 amide bonds. The number of benzene rings is 1. The third kappa shape index (κ3) is 3.98. The van der Waals surface area contributed by atoms with Gasteiger partial charge in [-0.2, -0.15) is 0 Å². The second-order valence-corrected chi connectivity index (χ2v) is 6.39. The summed E-state index contributed by atoms with van der Waals surface area (Å²) in [4.78, 5) is 2.52. The van der Waals surface area contributed by atoms with E-state index in [0.717, 1.165) is 17.9 Å². The van der Waals surface area contributed by atoms with Crippen molar-refractivity contribution in [1.82, 2.24) is 4.90 Å². The molecule has 0 radical (unpaired) electrons. The largest absolute Gasteiger partial charge is 0.497 e. The predicted molar refractivity (Wildman–Crippen MR) is 88.6 cm³/mol. The molecule has 1 aromatic carbocycles. The summed E-state index contributed by atoms with van der Waals surface area (Å²) in [6.07, 6.45) is 5.23. The van der Waals surface area contributed by atoms with Crippen molar-refractivity contribution in [2.45, 2.75) is 45.6 Å². The Bertz CT molecular complexity index is 433. The highest BCUT2D eigenvalue weighted by molar-refractivity contribution is 5.30. The Morgan fingerprint density at radius 1 is 1.24 bits per heavy atom. The molecular formula is C18H30N2O. The van der Waals surface area contributed by atoms with Crippen LogP contribution < -0.4 is 10.5 Å². The lowest BCUT2D eigenvalue weighted by molar-refractivity contribution is 0.0914. The first kappa shape index (κ1) is 16.3. The van der Waals surface area contributed by atoms with Gasteiger partial charge in [0.15, 0.2) is 0 Å². The van der Waals surface area contributed by atoms with Crippen LogP contribution >= 0.6 is 0 Å². The number of methoxy groups -OCH3 is 1. The molecule has 0 spiro atoms. The van der Waals surface area contributed by atoms with Crippen molar-refractivity contribution >= 4 is 0 Å². The van der Waals surface area contributed by atoms with Crippen molar-refractivity contribution in [2.75, 3.05) is 26.7 Å². The van der Waals surface area contributed by atoms with Gasteiger partial charge in [-0.1, -0.05) is 38.8 Å². The highest BCUT2D eigenvalue weighted by Gasteiger charge is 2.31. The molecule has 0 bridgehead atoms. The first-order valence-corrected chi connectivity index (χ1v) is 8.24. The second kappa shape index (κ2) is 7.28. The van der Waals surface area contributed by atoms with Crippen LogP contribution in [0.1, 0.15) is 51.1 Å². The van der Waals surface area contributed by atoms with Crippen LogP contribution in [0.5, 0.6) is 5.75 Å². The van der Waals surface area contributed by atoms with E-state index in [0.29, 0.717) is 5.41 Å². The smallest absolute Gasteiger partial charge is 0.119 e. The molecule has 3 heteroatoms. The number of likely N-dealkylation sites (tertiary alicyclic amines) is 1. The van der Waals surface area contributed by atoms with Crippen LogP contribution in [0, 0.1) is 5.41 Å². The molecule has 21 heavy (non-hydrogen) atoms. The summed E-state index contributed by atoms with van der Waals surface area (Å²) in [6.45, 7) is 7.97. The molecule has 1 atom stereocenters. The molecule has 1 unspecified atom stereocenters. The van der Waals surface area contributed by atoms with Gasteiger partial charge < -0.3 is 15.4 Å². The molecule has 2 rings (SSSR count). The minimum atomic E-state index is 0.0656. The molecule has 0 saturated carbocycles. The first-order valence-electron chi connectivity index (χ1n) is 8.24. The normalized spacial score (nSPS) is 20.2. The average Bonchev–Trinajstić information content (AvgIpc) is 2.56. The van der Waals surface area contributed by atoms with Gasteiger partial charge in [0.2, 0.25) is 0 Å². The number of piperidine rings is 1. The van der Waals surface area contributed by atoms with Gasteiger partial charge >= 0.3 is 0 Å². The van der Waals surface area contributed by atoms with Gasteiger partial charge in [-0.3, -0.25) is 0 Å². The lowest BCUT2D eigenvalue weighted by Crippen LogP contribution is -2.42. The maximum Gasteiger partial charge on any atom is 0.119 e. The first-order chi connectivity index (χ1) is 10.1. The fourth-order valence-electron chi connectivity index (χ4n) is 3.42. The summed E-state index contributed by atoms with van der Waals surface area (Å²) in [6, 6.07) is 8.20. The maximum atomic E-state index is 6.38. The fraction of sp³-hybridized carbons (Fsp3) is 0.667. The van der Waals surface area contributed by atoms with E-state index in [9.17, 15) is 0 Å². The second-order valence-electron chi connectivity index (χ2n) is 6.39. The Balaban J connectivity index is 1.90. The summed E-state index contributed by atoms with van der Waals surface area (Å²) in [5.74, 6) is 0.887. The van der Waals surface area contributed by atoms with Crippen molar-refractivity contribution in [2.24, 2.45) is 11.1 Å². The Kier molecular flexibility index (Phi) is 5.65. The van der Waals surface area contributed by atoms with Gasteiger partial charge in [-0.15, -0.1) is 0 Å². The number of hydrogen-bond acceptors (Lipinski definition) is 3. The summed E-state index contributed by atoms with van der Waals surface area (Å²) < 4.78 is 5.28. The zero-order valence-electron chi connectivity index (χ0n) is 13.8. The summed E-state index contributed by atoms with van der Waals surface area (Å²) in [5.41, 5.74) is 8.13. The van der Waals surface area contributed by atoms with E-state index in [1.807, 2.05) is 12.1 Å². The predicted octanol–water partition coefficient (Wildman–Crippen LogP) is 3.60. The molecule has 1 saturated heterocycles. The van der Waals surface area contributed by atoms with E-state index in [1.54, 1.807) is 7.11 Å². The number of hydrogen-bond donors (Lipinski definition) is 1. The van der Waals surface area contributed by atoms with Crippen molar-refractivity contribution in [3.8, 4) is 5.75 Å². The maximum absolute atomic E-state index is 6.38. The number of nitrogens with zero attached hydrogens (tertiary/aromatic N) is 1. The van der Waals surface area contributed by atoms with Crippen molar-refractivity contribution in [3.63, 3.8) is 0 Å². The number of rotatable bonds is 6. The van der Waals surface area contributed by atoms with Gasteiger partial charge in [-0.05, 0) is 49.0 Å². The van der Waals surface area contributed by atoms with Crippen LogP contribution in [0.3, 0.4) is 0 Å². The molecule has 1 aromatic rings. The van der Waals surface area contributed by atoms with Gasteiger partial charge in [0.05, 0.1) is 7.11 Å². The molecule has 1 heterocycles. The molecule has 0 aliphatic carbocycles. The fourth-order valence-corrected chi connectivity index (χ4v) is 3.42. The summed E-state index contributed by atoms with van der Waals surface area (Å²) in [5, 5.41) is 0. The van der Waals surface area contributed by atoms with E-state index in [4.69, 9.17) is 10.5 Å². The van der Waals surface area contributed by atoms with E-state index < -0.39 is 0 Å². The zero-order chi connectivity index (χ0) is 15.3. The van der Waals surface area contributed by atoms with Crippen molar-refractivity contribution in [3.05, 3.63) is 29.8 Å². The van der Waals surface area contributed by atoms with Crippen molar-refractivity contribution < 1.29 is 4.74 Å². The van der Waals surface area contributed by atoms with E-state index in [-0.39, 0.29) is 6.04 Å². The summed E-state index contributed by atoms with van der Waals surface area (Å²) >= 11 is 0. The minimum absolute atomic E-state index is 0.0656. The Morgan fingerprint density at radius 2 is 1.90 bits per heavy atom. The molecule has 1 aliphatic heterocycles. The highest BCUT2D eigenvalue weighted by Crippen LogP contribution is 2.38. The molecule has 0 aromatic heterocycles. The Morgan fingerprint density at radius 3 is 2.48 bits per heavy atom. The molecule has 3 nitrogen and oxygen atoms in total. The standard InChI is InChI=1S/C18H30N2O/c1-4-18(5-2)9-11-20(12-10-18)14-17(19)15-7-6-8-16(13-15)21-3/h6-8,13,17H,4-5,9-12,14,19H2,1-3H3. The molecule has 1 aliphatic rings. The van der Waals surface area contributed by atoms with Crippen LogP contribution in [0.25, 0.3) is 0 Å². The Labute approximate surface area is 129 Å². The van der Waals surface area contributed by atoms with Crippen LogP contribution in [0.2, 0.25) is 0 Å². The van der Waals surface area contributed by atoms with E-state index >= 15 is 0 Å². The van der Waals surface area contributed by atoms with E-state index in [1.165, 1.54) is 38.8 Å². The lowest BCUT2D eigenvalue weighted by Gasteiger charge is -2.41. The number of nitrogens with two attached hydrogens (primary N) is 1. The topological polar surface area (TPSA) is 38.5 Å². The minimum Gasteiger partial charge on any atom is -0.497 e. The van der Waals surface area contributed by atoms with E-state index in [2.05, 4.69) is 30.9 Å². The molecule has 118 valence electrons. The molecule has 2 N–H and O–H groups in total. The SMILES string of the molecule is CCC1(CC)CCN(CC(N)c2cccc(OC)c2)CC1. The van der Waals surface area contributed by atoms with Crippen LogP contribution in [-0.2, 0) is 0 Å². The number of ether oxygens (including phenoxy) is 1. The molecular weight excluding hydrogens is 260 g/mol. The van der Waals surface area contributed by atoms with Crippen molar-refractivity contribution in [1.29, 1.82) is 0 Å². The molecule has 1 fully saturated rings. The zero-order valence-corrected chi connectivity index (χ0v) is 13.8. The highest BCUT2D eigenvalue weighted by atomic mass is 16.5. The van der Waals surface area contributed by atoms with Gasteiger partial charge in [-0.25, -0.2) is 0 Å². The quantitative estimate of drug-likeness (QED) is 0.870. The average molecular weight is 290 g/mol. The Hall–Kier alpha value is -1.06. The van der Waals surface area contributed by atoms with Crippen LogP contribution in [0.15, 0.2) is 24.3 Å².